The average molecular weight is 267 g/mol. The Morgan fingerprint density at radius 3 is 2.16 bits per heavy atom. The molecule has 0 aromatic rings. The summed E-state index contributed by atoms with van der Waals surface area (Å²) in [6.45, 7) is 2.54. The molecule has 2 rings (SSSR count). The zero-order valence-electron chi connectivity index (χ0n) is 10.8. The number of carbonyl (C=O) groups excluding carboxylic acids is 4. The maximum Gasteiger partial charge on any atom is 0.287 e. The van der Waals surface area contributed by atoms with E-state index in [4.69, 9.17) is 0 Å². The van der Waals surface area contributed by atoms with Crippen LogP contribution in [0, 0.1) is 0 Å². The Morgan fingerprint density at radius 1 is 1.11 bits per heavy atom. The highest BCUT2D eigenvalue weighted by atomic mass is 16.2. The van der Waals surface area contributed by atoms with Gasteiger partial charge < -0.3 is 0 Å². The van der Waals surface area contributed by atoms with Crippen molar-refractivity contribution in [2.45, 2.75) is 13.1 Å². The molecule has 8 nitrogen and oxygen atoms in total. The van der Waals surface area contributed by atoms with Crippen LogP contribution in [0.1, 0.15) is 6.92 Å². The minimum atomic E-state index is -1.09. The maximum atomic E-state index is 12.0. The van der Waals surface area contributed by atoms with Crippen molar-refractivity contribution >= 4 is 23.6 Å². The van der Waals surface area contributed by atoms with E-state index in [2.05, 4.69) is 5.32 Å². The van der Waals surface area contributed by atoms with Crippen LogP contribution in [0.15, 0.2) is 0 Å². The number of hydrogen-bond acceptors (Lipinski definition) is 6. The van der Waals surface area contributed by atoms with Crippen LogP contribution >= 0.6 is 0 Å². The lowest BCUT2D eigenvalue weighted by Crippen LogP contribution is -2.67. The fraction of sp³-hybridized carbons (Fsp3) is 0.636. The van der Waals surface area contributed by atoms with E-state index < -0.39 is 29.8 Å². The molecule has 0 spiro atoms. The van der Waals surface area contributed by atoms with Crippen LogP contribution in [0.2, 0.25) is 0 Å². The Labute approximate surface area is 110 Å². The number of piperazine rings is 2. The van der Waals surface area contributed by atoms with E-state index in [1.165, 1.54) is 11.9 Å². The van der Waals surface area contributed by atoms with Crippen LogP contribution in [-0.4, -0.2) is 77.7 Å². The predicted molar refractivity (Wildman–Crippen MR) is 62.5 cm³/mol. The molecule has 1 unspecified atom stereocenters. The van der Waals surface area contributed by atoms with Crippen molar-refractivity contribution in [2.75, 3.05) is 33.2 Å². The number of amides is 4. The van der Waals surface area contributed by atoms with Gasteiger partial charge >= 0.3 is 0 Å². The topological polar surface area (TPSA) is 92.1 Å². The normalized spacial score (nSPS) is 26.8. The zero-order valence-corrected chi connectivity index (χ0v) is 10.8. The Hall–Kier alpha value is -1.80. The third-order valence-electron chi connectivity index (χ3n) is 3.20. The Kier molecular flexibility index (Phi) is 3.63. The number of carbonyl (C=O) groups is 4. The van der Waals surface area contributed by atoms with Crippen molar-refractivity contribution < 1.29 is 19.2 Å². The zero-order chi connectivity index (χ0) is 14.2. The van der Waals surface area contributed by atoms with E-state index >= 15 is 0 Å². The van der Waals surface area contributed by atoms with E-state index in [1.54, 1.807) is 4.90 Å². The largest absolute Gasteiger partial charge is 0.287 e. The molecule has 2 fully saturated rings. The summed E-state index contributed by atoms with van der Waals surface area (Å²) >= 11 is 0. The molecular weight excluding hydrogens is 252 g/mol. The van der Waals surface area contributed by atoms with Gasteiger partial charge in [-0.3, -0.25) is 33.9 Å². The lowest BCUT2D eigenvalue weighted by Gasteiger charge is -2.40. The Bertz CT molecular complexity index is 432. The molecule has 0 bridgehead atoms. The molecule has 103 valence electrons. The quantitative estimate of drug-likeness (QED) is 0.518. The molecule has 0 aliphatic carbocycles. The lowest BCUT2D eigenvalue weighted by molar-refractivity contribution is -0.167. The van der Waals surface area contributed by atoms with Crippen LogP contribution in [-0.2, 0) is 19.2 Å². The standard InChI is InChI=1S/C11H15N4O4/c1-3-14-5-8(17)15(9(18)6-14)11-10(19)12-7(16)4-13(11)2/h11H,3-6H2,1-2H3. The van der Waals surface area contributed by atoms with Gasteiger partial charge in [-0.25, -0.2) is 0 Å². The average Bonchev–Trinajstić information content (AvgIpc) is 2.31. The molecule has 19 heavy (non-hydrogen) atoms. The van der Waals surface area contributed by atoms with Crippen LogP contribution in [0.5, 0.6) is 0 Å². The summed E-state index contributed by atoms with van der Waals surface area (Å²) in [5.41, 5.74) is 0. The molecule has 0 saturated carbocycles. The first kappa shape index (κ1) is 13.6. The molecule has 2 heterocycles. The smallest absolute Gasteiger partial charge is 0.286 e. The van der Waals surface area contributed by atoms with E-state index in [9.17, 15) is 19.2 Å². The number of imide groups is 2. The fourth-order valence-corrected chi connectivity index (χ4v) is 2.24. The second-order valence-corrected chi connectivity index (χ2v) is 4.59. The monoisotopic (exact) mass is 267 g/mol. The summed E-state index contributed by atoms with van der Waals surface area (Å²) in [5.74, 6) is -2.19. The first-order valence-electron chi connectivity index (χ1n) is 6.00. The molecule has 1 atom stereocenters. The van der Waals surface area contributed by atoms with E-state index in [0.717, 1.165) is 4.90 Å². The number of hydrogen-bond donors (Lipinski definition) is 0. The molecule has 2 aliphatic rings. The SMILES string of the molecule is CCN1CC(=O)N(C2C(=O)[N]C(=O)CN2C)C(=O)C1. The summed E-state index contributed by atoms with van der Waals surface area (Å²) in [6.07, 6.45) is -1.09. The van der Waals surface area contributed by atoms with Crippen molar-refractivity contribution in [2.24, 2.45) is 0 Å². The van der Waals surface area contributed by atoms with Crippen molar-refractivity contribution in [1.29, 1.82) is 0 Å². The molecule has 2 saturated heterocycles. The first-order valence-corrected chi connectivity index (χ1v) is 6.00. The van der Waals surface area contributed by atoms with Crippen molar-refractivity contribution in [1.82, 2.24) is 20.0 Å². The molecule has 2 aliphatic heterocycles. The second kappa shape index (κ2) is 5.06. The second-order valence-electron chi connectivity index (χ2n) is 4.59. The Morgan fingerprint density at radius 2 is 1.68 bits per heavy atom. The summed E-state index contributed by atoms with van der Waals surface area (Å²) < 4.78 is 0. The van der Waals surface area contributed by atoms with Crippen molar-refractivity contribution in [3.05, 3.63) is 0 Å². The van der Waals surface area contributed by atoms with Crippen molar-refractivity contribution in [3.63, 3.8) is 0 Å². The summed E-state index contributed by atoms with van der Waals surface area (Å²) in [6, 6.07) is 0. The van der Waals surface area contributed by atoms with Gasteiger partial charge in [0.25, 0.3) is 11.8 Å². The van der Waals surface area contributed by atoms with E-state index in [-0.39, 0.29) is 19.6 Å². The van der Waals surface area contributed by atoms with Gasteiger partial charge in [0.15, 0.2) is 6.17 Å². The summed E-state index contributed by atoms with van der Waals surface area (Å²) in [5, 5.41) is 3.32. The van der Waals surface area contributed by atoms with Gasteiger partial charge in [-0.2, -0.15) is 5.32 Å². The molecule has 8 heteroatoms. The maximum absolute atomic E-state index is 12.0. The van der Waals surface area contributed by atoms with Crippen LogP contribution < -0.4 is 5.32 Å². The first-order chi connectivity index (χ1) is 8.93. The van der Waals surface area contributed by atoms with Gasteiger partial charge in [-0.15, -0.1) is 0 Å². The number of likely N-dealkylation sites (N-methyl/N-ethyl adjacent to an activating group) is 2. The van der Waals surface area contributed by atoms with E-state index in [0.29, 0.717) is 6.54 Å². The Balaban J connectivity index is 2.21. The van der Waals surface area contributed by atoms with Gasteiger partial charge in [0.05, 0.1) is 19.6 Å². The number of nitrogens with zero attached hydrogens (tertiary/aromatic N) is 4. The summed E-state index contributed by atoms with van der Waals surface area (Å²) in [4.78, 5) is 50.9. The van der Waals surface area contributed by atoms with Crippen LogP contribution in [0.3, 0.4) is 0 Å². The molecule has 0 aromatic carbocycles. The van der Waals surface area contributed by atoms with Gasteiger partial charge in [0.2, 0.25) is 11.8 Å². The van der Waals surface area contributed by atoms with Crippen LogP contribution in [0.4, 0.5) is 0 Å². The van der Waals surface area contributed by atoms with E-state index in [1.807, 2.05) is 6.92 Å². The predicted octanol–water partition coefficient (Wildman–Crippen LogP) is -2.39. The highest BCUT2D eigenvalue weighted by Crippen LogP contribution is 2.14. The molecule has 4 amide bonds. The fourth-order valence-electron chi connectivity index (χ4n) is 2.24. The van der Waals surface area contributed by atoms with Crippen molar-refractivity contribution in [3.8, 4) is 0 Å². The highest BCUT2D eigenvalue weighted by Gasteiger charge is 2.44. The van der Waals surface area contributed by atoms with Gasteiger partial charge in [-0.1, -0.05) is 6.92 Å². The molecule has 1 radical (unpaired) electrons. The third kappa shape index (κ3) is 2.49. The van der Waals surface area contributed by atoms with Crippen LogP contribution in [0.25, 0.3) is 0 Å². The molecule has 0 N–H and O–H groups in total. The lowest BCUT2D eigenvalue weighted by atomic mass is 10.2. The minimum Gasteiger partial charge on any atom is -0.286 e. The van der Waals surface area contributed by atoms with Gasteiger partial charge in [0.1, 0.15) is 0 Å². The van der Waals surface area contributed by atoms with Gasteiger partial charge in [-0.05, 0) is 13.6 Å². The minimum absolute atomic E-state index is 0.0784. The third-order valence-corrected chi connectivity index (χ3v) is 3.20. The highest BCUT2D eigenvalue weighted by molar-refractivity contribution is 6.07. The summed E-state index contributed by atoms with van der Waals surface area (Å²) in [7, 11) is 1.52. The number of rotatable bonds is 2. The molecule has 0 aromatic heterocycles. The van der Waals surface area contributed by atoms with Gasteiger partial charge in [0, 0.05) is 0 Å². The molecular formula is C11H15N4O4.